The first-order valence-electron chi connectivity index (χ1n) is 4.84. The Bertz CT molecular complexity index is 372. The van der Waals surface area contributed by atoms with Crippen molar-refractivity contribution < 1.29 is 19.8 Å². The highest BCUT2D eigenvalue weighted by Crippen LogP contribution is 2.09. The van der Waals surface area contributed by atoms with Crippen LogP contribution in [0.15, 0.2) is 24.3 Å². The van der Waals surface area contributed by atoms with Crippen LogP contribution in [0.3, 0.4) is 0 Å². The number of phenols is 1. The zero-order valence-electron chi connectivity index (χ0n) is 8.64. The first kappa shape index (κ1) is 12.0. The fourth-order valence-corrected chi connectivity index (χ4v) is 1.21. The van der Waals surface area contributed by atoms with Crippen LogP contribution in [0.25, 0.3) is 0 Å². The Morgan fingerprint density at radius 3 is 2.38 bits per heavy atom. The quantitative estimate of drug-likeness (QED) is 0.635. The van der Waals surface area contributed by atoms with Gasteiger partial charge in [0.25, 0.3) is 0 Å². The minimum Gasteiger partial charge on any atom is -0.508 e. The summed E-state index contributed by atoms with van der Waals surface area (Å²) < 4.78 is 0. The molecule has 5 nitrogen and oxygen atoms in total. The predicted octanol–water partition coefficient (Wildman–Crippen LogP) is 0.526. The van der Waals surface area contributed by atoms with Crippen LogP contribution in [0, 0.1) is 0 Å². The van der Waals surface area contributed by atoms with Gasteiger partial charge in [-0.2, -0.15) is 0 Å². The summed E-state index contributed by atoms with van der Waals surface area (Å²) in [6, 6.07) is 6.63. The van der Waals surface area contributed by atoms with E-state index in [1.54, 1.807) is 24.3 Å². The summed E-state index contributed by atoms with van der Waals surface area (Å²) in [5.41, 5.74) is 0.966. The van der Waals surface area contributed by atoms with E-state index in [0.717, 1.165) is 5.56 Å². The lowest BCUT2D eigenvalue weighted by atomic mass is 10.1. The molecule has 0 aliphatic heterocycles. The molecule has 3 N–H and O–H groups in total. The second kappa shape index (κ2) is 5.75. The fraction of sp³-hybridized carbons (Fsp3) is 0.273. The van der Waals surface area contributed by atoms with Gasteiger partial charge in [0.05, 0.1) is 0 Å². The summed E-state index contributed by atoms with van der Waals surface area (Å²) in [6.45, 7) is 0.386. The normalized spacial score (nSPS) is 9.75. The van der Waals surface area contributed by atoms with E-state index in [2.05, 4.69) is 5.32 Å². The van der Waals surface area contributed by atoms with E-state index in [1.807, 2.05) is 0 Å². The van der Waals surface area contributed by atoms with Crippen LogP contribution >= 0.6 is 0 Å². The van der Waals surface area contributed by atoms with Crippen molar-refractivity contribution in [1.82, 2.24) is 5.32 Å². The molecule has 0 aromatic heterocycles. The summed E-state index contributed by atoms with van der Waals surface area (Å²) in [6.07, 6.45) is 0.0984. The zero-order chi connectivity index (χ0) is 12.0. The van der Waals surface area contributed by atoms with Crippen molar-refractivity contribution in [1.29, 1.82) is 0 Å². The lowest BCUT2D eigenvalue weighted by Gasteiger charge is -2.03. The van der Waals surface area contributed by atoms with Gasteiger partial charge in [0.15, 0.2) is 0 Å². The minimum atomic E-state index is -1.14. The molecule has 0 spiro atoms. The highest BCUT2D eigenvalue weighted by atomic mass is 16.4. The van der Waals surface area contributed by atoms with Gasteiger partial charge < -0.3 is 15.5 Å². The number of hydrogen-bond acceptors (Lipinski definition) is 3. The molecule has 1 aromatic rings. The molecule has 0 saturated heterocycles. The first-order valence-corrected chi connectivity index (χ1v) is 4.84. The smallest absolute Gasteiger partial charge is 0.312 e. The molecule has 0 unspecified atom stereocenters. The molecule has 0 heterocycles. The maximum Gasteiger partial charge on any atom is 0.312 e. The van der Waals surface area contributed by atoms with Crippen LogP contribution in [-0.2, 0) is 16.0 Å². The Morgan fingerprint density at radius 2 is 1.81 bits per heavy atom. The number of hydrogen-bond donors (Lipinski definition) is 3. The summed E-state index contributed by atoms with van der Waals surface area (Å²) in [7, 11) is 0. The molecule has 16 heavy (non-hydrogen) atoms. The number of aliphatic carboxylic acids is 1. The maximum atomic E-state index is 11.0. The van der Waals surface area contributed by atoms with Gasteiger partial charge in [-0.1, -0.05) is 12.1 Å². The van der Waals surface area contributed by atoms with Crippen molar-refractivity contribution >= 4 is 11.9 Å². The number of benzene rings is 1. The highest BCUT2D eigenvalue weighted by molar-refractivity contribution is 5.93. The molecule has 0 bridgehead atoms. The van der Waals surface area contributed by atoms with Crippen molar-refractivity contribution in [2.45, 2.75) is 12.8 Å². The third kappa shape index (κ3) is 4.45. The van der Waals surface area contributed by atoms with Gasteiger partial charge in [-0.15, -0.1) is 0 Å². The Kier molecular flexibility index (Phi) is 4.32. The van der Waals surface area contributed by atoms with Crippen LogP contribution < -0.4 is 5.32 Å². The van der Waals surface area contributed by atoms with Gasteiger partial charge in [0.1, 0.15) is 12.2 Å². The topological polar surface area (TPSA) is 86.6 Å². The number of nitrogens with one attached hydrogen (secondary N) is 1. The van der Waals surface area contributed by atoms with E-state index in [9.17, 15) is 9.59 Å². The van der Waals surface area contributed by atoms with Gasteiger partial charge in [-0.3, -0.25) is 9.59 Å². The van der Waals surface area contributed by atoms with Gasteiger partial charge in [-0.05, 0) is 24.1 Å². The molecule has 1 amide bonds. The number of rotatable bonds is 5. The Hall–Kier alpha value is -2.04. The van der Waals surface area contributed by atoms with Crippen molar-refractivity contribution in [3.63, 3.8) is 0 Å². The summed E-state index contributed by atoms with van der Waals surface area (Å²) >= 11 is 0. The maximum absolute atomic E-state index is 11.0. The van der Waals surface area contributed by atoms with Crippen molar-refractivity contribution in [3.05, 3.63) is 29.8 Å². The van der Waals surface area contributed by atoms with E-state index in [1.165, 1.54) is 0 Å². The number of carboxylic acids is 1. The lowest BCUT2D eigenvalue weighted by Crippen LogP contribution is -2.27. The minimum absolute atomic E-state index is 0.193. The van der Waals surface area contributed by atoms with E-state index in [4.69, 9.17) is 10.2 Å². The Labute approximate surface area is 92.7 Å². The number of carboxylic acid groups (broad SMARTS) is 1. The van der Waals surface area contributed by atoms with Gasteiger partial charge >= 0.3 is 5.97 Å². The second-order valence-electron chi connectivity index (χ2n) is 3.34. The summed E-state index contributed by atoms with van der Waals surface area (Å²) in [5.74, 6) is -1.44. The molecule has 0 aliphatic rings. The summed E-state index contributed by atoms with van der Waals surface area (Å²) in [4.78, 5) is 21.2. The molecular formula is C11H13NO4. The summed E-state index contributed by atoms with van der Waals surface area (Å²) in [5, 5.41) is 19.9. The van der Waals surface area contributed by atoms with Crippen LogP contribution in [0.2, 0.25) is 0 Å². The number of carbonyl (C=O) groups is 2. The van der Waals surface area contributed by atoms with E-state index in [-0.39, 0.29) is 5.75 Å². The van der Waals surface area contributed by atoms with Crippen LogP contribution in [0.1, 0.15) is 12.0 Å². The number of carbonyl (C=O) groups excluding carboxylic acids is 1. The van der Waals surface area contributed by atoms with E-state index < -0.39 is 18.3 Å². The molecule has 5 heteroatoms. The molecular weight excluding hydrogens is 210 g/mol. The SMILES string of the molecule is O=C(O)CC(=O)NCCc1ccc(O)cc1. The van der Waals surface area contributed by atoms with E-state index in [0.29, 0.717) is 13.0 Å². The number of phenolic OH excluding ortho intramolecular Hbond substituents is 1. The lowest BCUT2D eigenvalue weighted by molar-refractivity contribution is -0.140. The molecule has 1 rings (SSSR count). The monoisotopic (exact) mass is 223 g/mol. The largest absolute Gasteiger partial charge is 0.508 e. The van der Waals surface area contributed by atoms with Crippen LogP contribution in [-0.4, -0.2) is 28.6 Å². The van der Waals surface area contributed by atoms with Crippen molar-refractivity contribution in [3.8, 4) is 5.75 Å². The molecule has 0 fully saturated rings. The van der Waals surface area contributed by atoms with Crippen molar-refractivity contribution in [2.75, 3.05) is 6.54 Å². The predicted molar refractivity (Wildman–Crippen MR) is 57.1 cm³/mol. The Morgan fingerprint density at radius 1 is 1.19 bits per heavy atom. The second-order valence-corrected chi connectivity index (χ2v) is 3.34. The first-order chi connectivity index (χ1) is 7.58. The highest BCUT2D eigenvalue weighted by Gasteiger charge is 2.05. The average Bonchev–Trinajstić information content (AvgIpc) is 2.20. The van der Waals surface area contributed by atoms with Gasteiger partial charge in [0.2, 0.25) is 5.91 Å². The molecule has 0 radical (unpaired) electrons. The molecule has 0 atom stereocenters. The Balaban J connectivity index is 2.28. The molecule has 0 aliphatic carbocycles. The van der Waals surface area contributed by atoms with Gasteiger partial charge in [0, 0.05) is 6.54 Å². The number of amides is 1. The van der Waals surface area contributed by atoms with Crippen LogP contribution in [0.5, 0.6) is 5.75 Å². The zero-order valence-corrected chi connectivity index (χ0v) is 8.64. The molecule has 1 aromatic carbocycles. The van der Waals surface area contributed by atoms with Crippen LogP contribution in [0.4, 0.5) is 0 Å². The third-order valence-electron chi connectivity index (χ3n) is 1.98. The third-order valence-corrected chi connectivity index (χ3v) is 1.98. The van der Waals surface area contributed by atoms with Crippen molar-refractivity contribution in [2.24, 2.45) is 0 Å². The van der Waals surface area contributed by atoms with Gasteiger partial charge in [-0.25, -0.2) is 0 Å². The molecule has 0 saturated carbocycles. The standard InChI is InChI=1S/C11H13NO4/c13-9-3-1-8(2-4-9)5-6-12-10(14)7-11(15)16/h1-4,13H,5-7H2,(H,12,14)(H,15,16). The number of aromatic hydroxyl groups is 1. The van der Waals surface area contributed by atoms with E-state index >= 15 is 0 Å². The fourth-order valence-electron chi connectivity index (χ4n) is 1.21. The average molecular weight is 223 g/mol. The molecule has 86 valence electrons.